The summed E-state index contributed by atoms with van der Waals surface area (Å²) in [5.74, 6) is 0.261. The Morgan fingerprint density at radius 3 is 2.32 bits per heavy atom. The molecule has 0 N–H and O–H groups in total. The molecule has 2 aromatic rings. The molecular weight excluding hydrogens is 303 g/mol. The lowest BCUT2D eigenvalue weighted by Crippen LogP contribution is -2.06. The Bertz CT molecular complexity index is 546. The van der Waals surface area contributed by atoms with E-state index in [1.807, 2.05) is 13.0 Å². The maximum Gasteiger partial charge on any atom is 0.123 e. The average Bonchev–Trinajstić information content (AvgIpc) is 2.39. The molecule has 0 saturated heterocycles. The lowest BCUT2D eigenvalue weighted by atomic mass is 9.91. The molecule has 0 saturated carbocycles. The Kier molecular flexibility index (Phi) is 4.76. The summed E-state index contributed by atoms with van der Waals surface area (Å²) >= 11 is 3.59. The highest BCUT2D eigenvalue weighted by molar-refractivity contribution is 9.09. The summed E-state index contributed by atoms with van der Waals surface area (Å²) in [5, 5.41) is 0.910. The van der Waals surface area contributed by atoms with E-state index < -0.39 is 0 Å². The summed E-state index contributed by atoms with van der Waals surface area (Å²) in [7, 11) is 0. The summed E-state index contributed by atoms with van der Waals surface area (Å²) in [5.41, 5.74) is 4.84. The number of hydrogen-bond acceptors (Lipinski definition) is 0. The van der Waals surface area contributed by atoms with Crippen LogP contribution in [0.5, 0.6) is 0 Å². The van der Waals surface area contributed by atoms with Gasteiger partial charge < -0.3 is 0 Å². The smallest absolute Gasteiger partial charge is 0.123 e. The monoisotopic (exact) mass is 320 g/mol. The van der Waals surface area contributed by atoms with E-state index in [0.29, 0.717) is 5.92 Å². The molecule has 0 bridgehead atoms. The van der Waals surface area contributed by atoms with Crippen molar-refractivity contribution in [2.45, 2.75) is 26.2 Å². The number of rotatable bonds is 4. The van der Waals surface area contributed by atoms with Crippen LogP contribution in [0.2, 0.25) is 0 Å². The second-order valence-corrected chi connectivity index (χ2v) is 5.68. The van der Waals surface area contributed by atoms with Crippen molar-refractivity contribution in [2.75, 3.05) is 5.33 Å². The number of halogens is 2. The zero-order valence-corrected chi connectivity index (χ0v) is 12.9. The van der Waals surface area contributed by atoms with Crippen LogP contribution in [-0.4, -0.2) is 5.33 Å². The summed E-state index contributed by atoms with van der Waals surface area (Å²) in [6, 6.07) is 13.7. The molecule has 2 aromatic carbocycles. The fourth-order valence-corrected chi connectivity index (χ4v) is 2.86. The summed E-state index contributed by atoms with van der Waals surface area (Å²) in [4.78, 5) is 0. The van der Waals surface area contributed by atoms with Crippen LogP contribution in [0.3, 0.4) is 0 Å². The second-order valence-electron chi connectivity index (χ2n) is 5.04. The molecule has 0 aliphatic heterocycles. The van der Waals surface area contributed by atoms with Gasteiger partial charge in [-0.3, -0.25) is 0 Å². The highest BCUT2D eigenvalue weighted by atomic mass is 79.9. The van der Waals surface area contributed by atoms with Crippen LogP contribution in [-0.2, 0) is 6.42 Å². The molecule has 0 aliphatic rings. The third kappa shape index (κ3) is 3.66. The molecule has 0 aliphatic carbocycles. The van der Waals surface area contributed by atoms with Crippen molar-refractivity contribution >= 4 is 15.9 Å². The van der Waals surface area contributed by atoms with E-state index in [1.54, 1.807) is 12.1 Å². The number of alkyl halides is 1. The summed E-state index contributed by atoms with van der Waals surface area (Å²) in [6.45, 7) is 4.07. The maximum atomic E-state index is 13.1. The Balaban J connectivity index is 2.21. The molecule has 19 heavy (non-hydrogen) atoms. The van der Waals surface area contributed by atoms with Gasteiger partial charge >= 0.3 is 0 Å². The lowest BCUT2D eigenvalue weighted by Gasteiger charge is -2.16. The van der Waals surface area contributed by atoms with E-state index in [2.05, 4.69) is 47.1 Å². The zero-order chi connectivity index (χ0) is 13.8. The lowest BCUT2D eigenvalue weighted by molar-refractivity contribution is 0.624. The molecule has 2 heteroatoms. The second kappa shape index (κ2) is 6.33. The quantitative estimate of drug-likeness (QED) is 0.682. The first-order chi connectivity index (χ1) is 9.10. The Morgan fingerprint density at radius 2 is 1.74 bits per heavy atom. The van der Waals surface area contributed by atoms with Crippen molar-refractivity contribution in [3.05, 3.63) is 70.5 Å². The van der Waals surface area contributed by atoms with Gasteiger partial charge in [0.05, 0.1) is 0 Å². The fourth-order valence-electron chi connectivity index (χ4n) is 2.25. The van der Waals surface area contributed by atoms with Crippen LogP contribution in [0.1, 0.15) is 28.2 Å². The van der Waals surface area contributed by atoms with Crippen LogP contribution in [0.15, 0.2) is 42.5 Å². The third-order valence-electron chi connectivity index (χ3n) is 3.51. The third-order valence-corrected chi connectivity index (χ3v) is 4.29. The summed E-state index contributed by atoms with van der Waals surface area (Å²) in [6.07, 6.45) is 0.931. The van der Waals surface area contributed by atoms with Crippen LogP contribution < -0.4 is 0 Å². The highest BCUT2D eigenvalue weighted by Gasteiger charge is 2.12. The molecule has 0 spiro atoms. The van der Waals surface area contributed by atoms with E-state index >= 15 is 0 Å². The molecule has 0 nitrogen and oxygen atoms in total. The van der Waals surface area contributed by atoms with Crippen LogP contribution in [0.25, 0.3) is 0 Å². The van der Waals surface area contributed by atoms with Gasteiger partial charge in [0.2, 0.25) is 0 Å². The predicted octanol–water partition coefficient (Wildman–Crippen LogP) is 5.16. The highest BCUT2D eigenvalue weighted by Crippen LogP contribution is 2.25. The van der Waals surface area contributed by atoms with Crippen molar-refractivity contribution < 1.29 is 4.39 Å². The van der Waals surface area contributed by atoms with Crippen LogP contribution in [0.4, 0.5) is 4.39 Å². The Labute approximate surface area is 122 Å². The molecule has 0 radical (unpaired) electrons. The van der Waals surface area contributed by atoms with E-state index in [1.165, 1.54) is 16.7 Å². The van der Waals surface area contributed by atoms with Gasteiger partial charge in [-0.15, -0.1) is 0 Å². The molecule has 1 atom stereocenters. The van der Waals surface area contributed by atoms with Gasteiger partial charge in [0, 0.05) is 5.33 Å². The average molecular weight is 321 g/mol. The first kappa shape index (κ1) is 14.3. The van der Waals surface area contributed by atoms with Gasteiger partial charge in [-0.2, -0.15) is 0 Å². The fraction of sp³-hybridized carbons (Fsp3) is 0.294. The first-order valence-corrected chi connectivity index (χ1v) is 7.60. The van der Waals surface area contributed by atoms with Gasteiger partial charge in [-0.25, -0.2) is 4.39 Å². The van der Waals surface area contributed by atoms with Gasteiger partial charge in [-0.05, 0) is 55.0 Å². The van der Waals surface area contributed by atoms with E-state index in [4.69, 9.17) is 0 Å². The Hall–Kier alpha value is -1.15. The van der Waals surface area contributed by atoms with Crippen molar-refractivity contribution in [3.8, 4) is 0 Å². The molecule has 0 fully saturated rings. The van der Waals surface area contributed by atoms with Gasteiger partial charge in [0.15, 0.2) is 0 Å². The van der Waals surface area contributed by atoms with Gasteiger partial charge in [-0.1, -0.05) is 51.8 Å². The number of benzene rings is 2. The minimum Gasteiger partial charge on any atom is -0.207 e. The molecule has 100 valence electrons. The molecular formula is C17H18BrF. The maximum absolute atomic E-state index is 13.1. The molecule has 2 rings (SSSR count). The predicted molar refractivity (Wildman–Crippen MR) is 82.6 cm³/mol. The number of aryl methyl sites for hydroxylation is 2. The topological polar surface area (TPSA) is 0 Å². The van der Waals surface area contributed by atoms with E-state index in [-0.39, 0.29) is 5.82 Å². The van der Waals surface area contributed by atoms with Crippen molar-refractivity contribution in [1.29, 1.82) is 0 Å². The first-order valence-electron chi connectivity index (χ1n) is 6.47. The normalized spacial score (nSPS) is 12.4. The van der Waals surface area contributed by atoms with Gasteiger partial charge in [0.1, 0.15) is 5.82 Å². The van der Waals surface area contributed by atoms with Gasteiger partial charge in [0.25, 0.3) is 0 Å². The van der Waals surface area contributed by atoms with Crippen molar-refractivity contribution in [2.24, 2.45) is 0 Å². The molecule has 1 unspecified atom stereocenters. The molecule has 0 heterocycles. The van der Waals surface area contributed by atoms with Crippen LogP contribution in [0, 0.1) is 19.7 Å². The SMILES string of the molecule is Cc1ccc(C(CBr)Cc2ccc(F)cc2C)cc1. The standard InChI is InChI=1S/C17H18BrF/c1-12-3-5-14(6-4-12)16(11-18)10-15-7-8-17(19)9-13(15)2/h3-9,16H,10-11H2,1-2H3. The number of hydrogen-bond donors (Lipinski definition) is 0. The zero-order valence-electron chi connectivity index (χ0n) is 11.3. The van der Waals surface area contributed by atoms with Crippen LogP contribution >= 0.6 is 15.9 Å². The van der Waals surface area contributed by atoms with E-state index in [9.17, 15) is 4.39 Å². The molecule has 0 amide bonds. The van der Waals surface area contributed by atoms with Crippen molar-refractivity contribution in [3.63, 3.8) is 0 Å². The van der Waals surface area contributed by atoms with Crippen molar-refractivity contribution in [1.82, 2.24) is 0 Å². The summed E-state index contributed by atoms with van der Waals surface area (Å²) < 4.78 is 13.1. The minimum absolute atomic E-state index is 0.160. The minimum atomic E-state index is -0.160. The molecule has 0 aromatic heterocycles. The van der Waals surface area contributed by atoms with E-state index in [0.717, 1.165) is 17.3 Å². The Morgan fingerprint density at radius 1 is 1.05 bits per heavy atom. The largest absolute Gasteiger partial charge is 0.207 e.